The Labute approximate surface area is 166 Å². The van der Waals surface area contributed by atoms with Crippen LogP contribution in [0.15, 0.2) is 29.8 Å². The third kappa shape index (κ3) is 4.96. The van der Waals surface area contributed by atoms with E-state index in [1.807, 2.05) is 37.2 Å². The molecular formula is C17H28IN7. The number of aryl methyl sites for hydroxylation is 2. The highest BCUT2D eigenvalue weighted by Crippen LogP contribution is 2.26. The minimum atomic E-state index is 0. The number of rotatable bonds is 5. The van der Waals surface area contributed by atoms with Gasteiger partial charge in [0.25, 0.3) is 0 Å². The fraction of sp³-hybridized carbons (Fsp3) is 0.588. The smallest absolute Gasteiger partial charge is 0.193 e. The van der Waals surface area contributed by atoms with Crippen molar-refractivity contribution in [3.63, 3.8) is 0 Å². The van der Waals surface area contributed by atoms with E-state index in [2.05, 4.69) is 38.0 Å². The molecule has 2 aromatic rings. The lowest BCUT2D eigenvalue weighted by Crippen LogP contribution is -2.40. The van der Waals surface area contributed by atoms with E-state index in [9.17, 15) is 0 Å². The molecule has 1 aliphatic heterocycles. The van der Waals surface area contributed by atoms with Crippen LogP contribution in [-0.2, 0) is 13.6 Å². The summed E-state index contributed by atoms with van der Waals surface area (Å²) in [6.45, 7) is 8.68. The molecule has 25 heavy (non-hydrogen) atoms. The van der Waals surface area contributed by atoms with Crippen molar-refractivity contribution in [3.05, 3.63) is 36.2 Å². The lowest BCUT2D eigenvalue weighted by Gasteiger charge is -2.21. The summed E-state index contributed by atoms with van der Waals surface area (Å²) < 4.78 is 4.01. The topological polar surface area (TPSA) is 63.3 Å². The van der Waals surface area contributed by atoms with Crippen molar-refractivity contribution in [2.75, 3.05) is 26.2 Å². The van der Waals surface area contributed by atoms with Crippen molar-refractivity contribution in [2.45, 2.75) is 32.7 Å². The summed E-state index contributed by atoms with van der Waals surface area (Å²) in [7, 11) is 1.97. The summed E-state index contributed by atoms with van der Waals surface area (Å²) in [6, 6.07) is 0. The quantitative estimate of drug-likeness (QED) is 0.424. The van der Waals surface area contributed by atoms with Gasteiger partial charge in [-0.25, -0.2) is 4.98 Å². The number of aromatic nitrogens is 4. The zero-order valence-corrected chi connectivity index (χ0v) is 17.6. The summed E-state index contributed by atoms with van der Waals surface area (Å²) in [4.78, 5) is 11.4. The molecule has 0 bridgehead atoms. The van der Waals surface area contributed by atoms with Crippen molar-refractivity contribution in [1.82, 2.24) is 29.5 Å². The zero-order chi connectivity index (χ0) is 16.9. The number of hydrogen-bond donors (Lipinski definition) is 1. The Morgan fingerprint density at radius 1 is 1.44 bits per heavy atom. The van der Waals surface area contributed by atoms with E-state index in [1.165, 1.54) is 5.56 Å². The fourth-order valence-electron chi connectivity index (χ4n) is 3.21. The van der Waals surface area contributed by atoms with Crippen molar-refractivity contribution >= 4 is 29.9 Å². The van der Waals surface area contributed by atoms with Crippen LogP contribution in [0.5, 0.6) is 0 Å². The summed E-state index contributed by atoms with van der Waals surface area (Å²) in [5, 5.41) is 7.72. The van der Waals surface area contributed by atoms with Crippen LogP contribution in [0.2, 0.25) is 0 Å². The Hall–Kier alpha value is -1.58. The predicted octanol–water partition coefficient (Wildman–Crippen LogP) is 2.00. The number of guanidine groups is 1. The first-order valence-electron chi connectivity index (χ1n) is 8.67. The van der Waals surface area contributed by atoms with Gasteiger partial charge in [0.1, 0.15) is 5.82 Å². The molecule has 8 heteroatoms. The maximum Gasteiger partial charge on any atom is 0.193 e. The van der Waals surface area contributed by atoms with Crippen molar-refractivity contribution < 1.29 is 0 Å². The molecule has 0 radical (unpaired) electrons. The number of halogens is 1. The molecular weight excluding hydrogens is 429 g/mol. The second-order valence-electron chi connectivity index (χ2n) is 6.28. The first-order chi connectivity index (χ1) is 11.7. The van der Waals surface area contributed by atoms with Gasteiger partial charge >= 0.3 is 0 Å². The maximum absolute atomic E-state index is 4.81. The van der Waals surface area contributed by atoms with Crippen LogP contribution in [-0.4, -0.2) is 56.4 Å². The van der Waals surface area contributed by atoms with E-state index in [4.69, 9.17) is 4.99 Å². The molecule has 1 aliphatic rings. The average molecular weight is 457 g/mol. The van der Waals surface area contributed by atoms with Gasteiger partial charge in [-0.15, -0.1) is 24.0 Å². The number of nitrogens with zero attached hydrogens (tertiary/aromatic N) is 6. The largest absolute Gasteiger partial charge is 0.357 e. The molecule has 0 amide bonds. The Bertz CT molecular complexity index is 691. The lowest BCUT2D eigenvalue weighted by atomic mass is 10.0. The number of hydrogen-bond acceptors (Lipinski definition) is 3. The predicted molar refractivity (Wildman–Crippen MR) is 110 cm³/mol. The standard InChI is InChI=1S/C17H27N7.HI/c1-4-18-17(20-7-10-23-9-6-19-14(23)2)24-8-5-15(13-24)16-11-21-22(3)12-16;/h6,9,11-12,15H,4-5,7-8,10,13H2,1-3H3,(H,18,20);1H. The van der Waals surface area contributed by atoms with Crippen molar-refractivity contribution in [2.24, 2.45) is 12.0 Å². The normalized spacial score (nSPS) is 17.6. The summed E-state index contributed by atoms with van der Waals surface area (Å²) in [5.41, 5.74) is 1.32. The van der Waals surface area contributed by atoms with Crippen LogP contribution in [0.3, 0.4) is 0 Å². The number of imidazole rings is 1. The van der Waals surface area contributed by atoms with Gasteiger partial charge in [-0.05, 0) is 25.8 Å². The van der Waals surface area contributed by atoms with Gasteiger partial charge in [0.05, 0.1) is 12.7 Å². The molecule has 3 heterocycles. The Balaban J connectivity index is 0.00000225. The zero-order valence-electron chi connectivity index (χ0n) is 15.2. The third-order valence-electron chi connectivity index (χ3n) is 4.55. The van der Waals surface area contributed by atoms with Crippen LogP contribution in [0.25, 0.3) is 0 Å². The molecule has 1 saturated heterocycles. The average Bonchev–Trinajstić information content (AvgIpc) is 3.28. The van der Waals surface area contributed by atoms with Gasteiger partial charge < -0.3 is 14.8 Å². The van der Waals surface area contributed by atoms with Gasteiger partial charge in [0.15, 0.2) is 5.96 Å². The highest BCUT2D eigenvalue weighted by molar-refractivity contribution is 14.0. The van der Waals surface area contributed by atoms with Crippen molar-refractivity contribution in [1.29, 1.82) is 0 Å². The summed E-state index contributed by atoms with van der Waals surface area (Å²) in [6.07, 6.45) is 9.10. The third-order valence-corrected chi connectivity index (χ3v) is 4.55. The van der Waals surface area contributed by atoms with Crippen LogP contribution < -0.4 is 5.32 Å². The minimum Gasteiger partial charge on any atom is -0.357 e. The van der Waals surface area contributed by atoms with E-state index >= 15 is 0 Å². The first-order valence-corrected chi connectivity index (χ1v) is 8.67. The van der Waals surface area contributed by atoms with E-state index in [1.54, 1.807) is 0 Å². The van der Waals surface area contributed by atoms with E-state index in [0.29, 0.717) is 5.92 Å². The summed E-state index contributed by atoms with van der Waals surface area (Å²) >= 11 is 0. The van der Waals surface area contributed by atoms with Crippen LogP contribution in [0.1, 0.15) is 30.7 Å². The molecule has 3 rings (SSSR count). The SMILES string of the molecule is CCNC(=NCCn1ccnc1C)N1CCC(c2cnn(C)c2)C1.I. The Kier molecular flexibility index (Phi) is 7.27. The Morgan fingerprint density at radius 2 is 2.28 bits per heavy atom. The summed E-state index contributed by atoms with van der Waals surface area (Å²) in [5.74, 6) is 2.59. The van der Waals surface area contributed by atoms with E-state index in [-0.39, 0.29) is 24.0 Å². The molecule has 1 unspecified atom stereocenters. The second kappa shape index (κ2) is 9.21. The number of aliphatic imine (C=N–C) groups is 1. The highest BCUT2D eigenvalue weighted by Gasteiger charge is 2.26. The van der Waals surface area contributed by atoms with Gasteiger partial charge in [-0.2, -0.15) is 5.10 Å². The first kappa shape index (κ1) is 19.7. The number of likely N-dealkylation sites (tertiary alicyclic amines) is 1. The van der Waals surface area contributed by atoms with E-state index < -0.39 is 0 Å². The maximum atomic E-state index is 4.81. The van der Waals surface area contributed by atoms with Crippen LogP contribution in [0, 0.1) is 6.92 Å². The van der Waals surface area contributed by atoms with Gasteiger partial charge in [0.2, 0.25) is 0 Å². The van der Waals surface area contributed by atoms with E-state index in [0.717, 1.165) is 50.9 Å². The number of nitrogens with one attached hydrogen (secondary N) is 1. The van der Waals surface area contributed by atoms with Crippen LogP contribution >= 0.6 is 24.0 Å². The van der Waals surface area contributed by atoms with Crippen LogP contribution in [0.4, 0.5) is 0 Å². The van der Waals surface area contributed by atoms with Gasteiger partial charge in [0, 0.05) is 57.7 Å². The van der Waals surface area contributed by atoms with Gasteiger partial charge in [-0.3, -0.25) is 9.67 Å². The fourth-order valence-corrected chi connectivity index (χ4v) is 3.21. The molecule has 1 N–H and O–H groups in total. The monoisotopic (exact) mass is 457 g/mol. The molecule has 7 nitrogen and oxygen atoms in total. The molecule has 0 spiro atoms. The lowest BCUT2D eigenvalue weighted by molar-refractivity contribution is 0.484. The van der Waals surface area contributed by atoms with Gasteiger partial charge in [-0.1, -0.05) is 0 Å². The minimum absolute atomic E-state index is 0. The Morgan fingerprint density at radius 3 is 2.92 bits per heavy atom. The highest BCUT2D eigenvalue weighted by atomic mass is 127. The molecule has 0 aromatic carbocycles. The molecule has 0 saturated carbocycles. The molecule has 1 fully saturated rings. The molecule has 0 aliphatic carbocycles. The molecule has 1 atom stereocenters. The second-order valence-corrected chi connectivity index (χ2v) is 6.28. The molecule has 138 valence electrons. The molecule has 2 aromatic heterocycles. The van der Waals surface area contributed by atoms with Crippen molar-refractivity contribution in [3.8, 4) is 0 Å².